The first kappa shape index (κ1) is 8.50. The smallest absolute Gasteiger partial charge is 0.344 e. The van der Waals surface area contributed by atoms with Crippen LogP contribution in [0.5, 0.6) is 5.75 Å². The summed E-state index contributed by atoms with van der Waals surface area (Å²) in [5.74, 6) is -1.79. The van der Waals surface area contributed by atoms with Gasteiger partial charge in [-0.05, 0) is 12.9 Å². The molecule has 0 saturated carbocycles. The highest BCUT2D eigenvalue weighted by molar-refractivity contribution is 6.43. The molecule has 1 aromatic carbocycles. The molecule has 0 heterocycles. The molecule has 1 aromatic rings. The molecule has 0 radical (unpaired) electrons. The first-order valence-electron chi connectivity index (χ1n) is 5.17. The maximum absolute atomic E-state index is 10.8. The van der Waals surface area contributed by atoms with E-state index in [2.05, 4.69) is 0 Å². The van der Waals surface area contributed by atoms with Gasteiger partial charge < -0.3 is 9.84 Å². The van der Waals surface area contributed by atoms with Crippen molar-refractivity contribution in [1.29, 1.82) is 0 Å². The molecule has 15 heavy (non-hydrogen) atoms. The van der Waals surface area contributed by atoms with Crippen LogP contribution in [0.2, 0.25) is 15.1 Å². The largest absolute Gasteiger partial charge is 0.479 e. The molecule has 0 saturated heterocycles. The van der Waals surface area contributed by atoms with Crippen molar-refractivity contribution in [2.45, 2.75) is 13.0 Å². The molecule has 0 fully saturated rings. The molecular weight excluding hydrogens is 262 g/mol. The summed E-state index contributed by atoms with van der Waals surface area (Å²) in [6, 6.07) is 2.40. The van der Waals surface area contributed by atoms with E-state index in [4.69, 9.17) is 48.8 Å². The van der Waals surface area contributed by atoms with Crippen molar-refractivity contribution in [2.75, 3.05) is 0 Å². The third-order valence-corrected chi connectivity index (χ3v) is 2.46. The van der Waals surface area contributed by atoms with E-state index in [-0.39, 0.29) is 20.8 Å². The third kappa shape index (κ3) is 3.16. The number of carbonyl (C=O) groups is 1. The maximum Gasteiger partial charge on any atom is 0.344 e. The number of ether oxygens (including phenoxy) is 1. The van der Waals surface area contributed by atoms with Gasteiger partial charge in [-0.3, -0.25) is 0 Å². The Morgan fingerprint density at radius 3 is 2.53 bits per heavy atom. The fraction of sp³-hybridized carbons (Fsp3) is 0.222. The van der Waals surface area contributed by atoms with Crippen LogP contribution in [0, 0.1) is 0 Å². The normalized spacial score (nSPS) is 16.1. The molecule has 0 spiro atoms. The Balaban J connectivity index is 3.09. The molecule has 0 aliphatic heterocycles. The van der Waals surface area contributed by atoms with Gasteiger partial charge in [-0.1, -0.05) is 34.8 Å². The minimum atomic E-state index is -2.83. The van der Waals surface area contributed by atoms with Crippen LogP contribution in [0.3, 0.4) is 0 Å². The Bertz CT molecular complexity index is 476. The van der Waals surface area contributed by atoms with E-state index in [1.807, 2.05) is 0 Å². The minimum Gasteiger partial charge on any atom is -0.479 e. The van der Waals surface area contributed by atoms with Crippen molar-refractivity contribution in [1.82, 2.24) is 0 Å². The zero-order valence-corrected chi connectivity index (χ0v) is 9.40. The lowest BCUT2D eigenvalue weighted by molar-refractivity contribution is -0.144. The lowest BCUT2D eigenvalue weighted by atomic mass is 10.3. The van der Waals surface area contributed by atoms with Crippen LogP contribution in [-0.2, 0) is 4.79 Å². The van der Waals surface area contributed by atoms with Gasteiger partial charge in [0, 0.05) is 10.2 Å². The number of benzene rings is 1. The van der Waals surface area contributed by atoms with Crippen molar-refractivity contribution >= 4 is 40.8 Å². The second kappa shape index (κ2) is 4.92. The first-order valence-corrected chi connectivity index (χ1v) is 4.80. The summed E-state index contributed by atoms with van der Waals surface area (Å²) in [6.45, 7) is -2.83. The molecule has 0 aromatic heterocycles. The van der Waals surface area contributed by atoms with Gasteiger partial charge in [0.05, 0.1) is 15.1 Å². The predicted octanol–water partition coefficient (Wildman–Crippen LogP) is 3.50. The van der Waals surface area contributed by atoms with Crippen molar-refractivity contribution in [2.24, 2.45) is 0 Å². The second-order valence-corrected chi connectivity index (χ2v) is 3.75. The Morgan fingerprint density at radius 1 is 1.40 bits per heavy atom. The van der Waals surface area contributed by atoms with Crippen LogP contribution in [0.1, 0.15) is 11.0 Å². The van der Waals surface area contributed by atoms with Crippen LogP contribution >= 0.6 is 34.8 Å². The summed E-state index contributed by atoms with van der Waals surface area (Å²) in [6.07, 6.45) is -2.03. The number of aliphatic carboxylic acids is 1. The van der Waals surface area contributed by atoms with Crippen LogP contribution in [0.15, 0.2) is 12.1 Å². The molecule has 1 atom stereocenters. The average Bonchev–Trinajstić information content (AvgIpc) is 2.19. The number of hydrogen-bond acceptors (Lipinski definition) is 2. The van der Waals surface area contributed by atoms with E-state index in [9.17, 15) is 4.79 Å². The molecule has 1 rings (SSSR count). The van der Waals surface area contributed by atoms with Gasteiger partial charge >= 0.3 is 5.97 Å². The lowest BCUT2D eigenvalue weighted by Gasteiger charge is -2.12. The quantitative estimate of drug-likeness (QED) is 0.857. The molecule has 3 nitrogen and oxygen atoms in total. The van der Waals surface area contributed by atoms with E-state index in [0.29, 0.717) is 0 Å². The highest BCUT2D eigenvalue weighted by atomic mass is 35.5. The molecule has 1 unspecified atom stereocenters. The maximum atomic E-state index is 10.8. The number of hydrogen-bond donors (Lipinski definition) is 1. The van der Waals surface area contributed by atoms with Gasteiger partial charge in [0.15, 0.2) is 6.10 Å². The van der Waals surface area contributed by atoms with Crippen molar-refractivity contribution in [3.05, 3.63) is 27.2 Å². The van der Waals surface area contributed by atoms with Gasteiger partial charge in [-0.25, -0.2) is 4.79 Å². The highest BCUT2D eigenvalue weighted by Crippen LogP contribution is 2.34. The fourth-order valence-electron chi connectivity index (χ4n) is 0.772. The van der Waals surface area contributed by atoms with Gasteiger partial charge in [0.1, 0.15) is 5.75 Å². The molecular formula is C9H7Cl3O3. The molecule has 6 heteroatoms. The average molecular weight is 273 g/mol. The zero-order valence-electron chi connectivity index (χ0n) is 10.1. The van der Waals surface area contributed by atoms with Crippen molar-refractivity contribution < 1.29 is 18.8 Å². The van der Waals surface area contributed by atoms with E-state index in [1.54, 1.807) is 0 Å². The van der Waals surface area contributed by atoms with Gasteiger partial charge in [0.2, 0.25) is 0 Å². The van der Waals surface area contributed by atoms with Crippen LogP contribution < -0.4 is 4.74 Å². The second-order valence-electron chi connectivity index (χ2n) is 2.53. The zero-order chi connectivity index (χ0) is 14.1. The topological polar surface area (TPSA) is 46.5 Å². The van der Waals surface area contributed by atoms with Gasteiger partial charge in [-0.15, -0.1) is 0 Å². The third-order valence-electron chi connectivity index (χ3n) is 1.44. The van der Waals surface area contributed by atoms with Crippen LogP contribution in [-0.4, -0.2) is 17.2 Å². The molecule has 0 amide bonds. The summed E-state index contributed by atoms with van der Waals surface area (Å²) < 4.78 is 26.1. The fourth-order valence-corrected chi connectivity index (χ4v) is 1.35. The van der Waals surface area contributed by atoms with Gasteiger partial charge in [0.25, 0.3) is 0 Å². The lowest BCUT2D eigenvalue weighted by Crippen LogP contribution is -2.22. The molecule has 0 aliphatic carbocycles. The Kier molecular flexibility index (Phi) is 2.79. The number of carboxylic acid groups (broad SMARTS) is 1. The Morgan fingerprint density at radius 2 is 2.00 bits per heavy atom. The Hall–Kier alpha value is -0.640. The Labute approximate surface area is 106 Å². The van der Waals surface area contributed by atoms with E-state index in [0.717, 1.165) is 6.07 Å². The first-order chi connectivity index (χ1) is 8.12. The predicted molar refractivity (Wildman–Crippen MR) is 59.2 cm³/mol. The number of carboxylic acids is 1. The molecule has 1 N–H and O–H groups in total. The number of rotatable bonds is 3. The SMILES string of the molecule is [2H]C([2H])([2H])C(Oc1cc(Cl)c(Cl)cc1Cl)C(=O)O. The molecule has 82 valence electrons. The summed E-state index contributed by atoms with van der Waals surface area (Å²) in [7, 11) is 0. The summed E-state index contributed by atoms with van der Waals surface area (Å²) in [5, 5.41) is 8.99. The van der Waals surface area contributed by atoms with Crippen LogP contribution in [0.25, 0.3) is 0 Å². The minimum absolute atomic E-state index is 0.0279. The highest BCUT2D eigenvalue weighted by Gasteiger charge is 2.15. The van der Waals surface area contributed by atoms with Crippen LogP contribution in [0.4, 0.5) is 0 Å². The monoisotopic (exact) mass is 271 g/mol. The van der Waals surface area contributed by atoms with E-state index >= 15 is 0 Å². The molecule has 0 bridgehead atoms. The standard InChI is InChI=1S/C9H7Cl3O3/c1-4(9(13)14)15-8-3-6(11)5(10)2-7(8)12/h2-4H,1H3,(H,13,14)/i1D3. The van der Waals surface area contributed by atoms with Crippen molar-refractivity contribution in [3.8, 4) is 5.75 Å². The summed E-state index contributed by atoms with van der Waals surface area (Å²) in [5.41, 5.74) is 0. The van der Waals surface area contributed by atoms with Crippen molar-refractivity contribution in [3.63, 3.8) is 0 Å². The number of halogens is 3. The van der Waals surface area contributed by atoms with E-state index in [1.165, 1.54) is 6.07 Å². The van der Waals surface area contributed by atoms with E-state index < -0.39 is 18.9 Å². The summed E-state index contributed by atoms with van der Waals surface area (Å²) >= 11 is 17.1. The molecule has 0 aliphatic rings. The van der Waals surface area contributed by atoms with Gasteiger partial charge in [-0.2, -0.15) is 0 Å². The summed E-state index contributed by atoms with van der Waals surface area (Å²) in [4.78, 5) is 10.8.